The number of likely N-dealkylation sites (tertiary alicyclic amines) is 1. The van der Waals surface area contributed by atoms with E-state index >= 15 is 0 Å². The third kappa shape index (κ3) is 4.94. The predicted octanol–water partition coefficient (Wildman–Crippen LogP) is 3.87. The van der Waals surface area contributed by atoms with Crippen molar-refractivity contribution in [1.29, 1.82) is 0 Å². The van der Waals surface area contributed by atoms with Gasteiger partial charge in [0.1, 0.15) is 17.3 Å². The van der Waals surface area contributed by atoms with Crippen LogP contribution in [0.4, 0.5) is 4.39 Å². The highest BCUT2D eigenvalue weighted by molar-refractivity contribution is 5.78. The van der Waals surface area contributed by atoms with Gasteiger partial charge in [0.2, 0.25) is 0 Å². The maximum absolute atomic E-state index is 14.7. The van der Waals surface area contributed by atoms with Crippen LogP contribution in [-0.2, 0) is 6.54 Å². The minimum atomic E-state index is -0.256. The van der Waals surface area contributed by atoms with Crippen LogP contribution in [0.1, 0.15) is 42.7 Å². The van der Waals surface area contributed by atoms with Gasteiger partial charge in [0, 0.05) is 36.7 Å². The first kappa shape index (κ1) is 21.1. The lowest BCUT2D eigenvalue weighted by Gasteiger charge is -2.30. The molecule has 7 heteroatoms. The van der Waals surface area contributed by atoms with Gasteiger partial charge in [-0.3, -0.25) is 0 Å². The van der Waals surface area contributed by atoms with Gasteiger partial charge in [-0.05, 0) is 30.0 Å². The van der Waals surface area contributed by atoms with Crippen molar-refractivity contribution in [2.75, 3.05) is 13.1 Å². The minimum Gasteiger partial charge on any atom is -0.370 e. The van der Waals surface area contributed by atoms with Crippen LogP contribution in [0.2, 0.25) is 0 Å². The van der Waals surface area contributed by atoms with Crippen LogP contribution in [0.3, 0.4) is 0 Å². The molecule has 4 rings (SSSR count). The van der Waals surface area contributed by atoms with Crippen molar-refractivity contribution in [2.45, 2.75) is 38.3 Å². The van der Waals surface area contributed by atoms with Gasteiger partial charge in [0.25, 0.3) is 0 Å². The molecule has 1 fully saturated rings. The molecule has 162 valence electrons. The normalized spacial score (nSPS) is 16.5. The summed E-state index contributed by atoms with van der Waals surface area (Å²) in [4.78, 5) is 6.49. The molecule has 0 spiro atoms. The summed E-state index contributed by atoms with van der Waals surface area (Å²) in [5, 5.41) is 4.11. The molecule has 1 atom stereocenters. The molecule has 31 heavy (non-hydrogen) atoms. The number of piperidine rings is 1. The highest BCUT2D eigenvalue weighted by Crippen LogP contribution is 2.29. The Labute approximate surface area is 181 Å². The van der Waals surface area contributed by atoms with E-state index in [1.807, 2.05) is 60.4 Å². The van der Waals surface area contributed by atoms with Crippen molar-refractivity contribution in [2.24, 2.45) is 16.5 Å². The second-order valence-electron chi connectivity index (χ2n) is 8.05. The molecule has 0 radical (unpaired) electrons. The third-order valence-electron chi connectivity index (χ3n) is 5.85. The molecule has 2 aromatic carbocycles. The van der Waals surface area contributed by atoms with Crippen molar-refractivity contribution >= 4 is 5.96 Å². The largest absolute Gasteiger partial charge is 0.370 e. The van der Waals surface area contributed by atoms with E-state index in [0.29, 0.717) is 29.5 Å². The maximum Gasteiger partial charge on any atom is 0.191 e. The van der Waals surface area contributed by atoms with Gasteiger partial charge >= 0.3 is 0 Å². The molecule has 0 bridgehead atoms. The van der Waals surface area contributed by atoms with Crippen molar-refractivity contribution < 1.29 is 8.91 Å². The van der Waals surface area contributed by atoms with Crippen molar-refractivity contribution in [3.8, 4) is 11.1 Å². The summed E-state index contributed by atoms with van der Waals surface area (Å²) in [6.45, 7) is 3.95. The summed E-state index contributed by atoms with van der Waals surface area (Å²) in [6, 6.07) is 16.9. The zero-order valence-electron chi connectivity index (χ0n) is 17.7. The van der Waals surface area contributed by atoms with Gasteiger partial charge < -0.3 is 20.9 Å². The summed E-state index contributed by atoms with van der Waals surface area (Å²) >= 11 is 0. The van der Waals surface area contributed by atoms with E-state index in [0.717, 1.165) is 37.1 Å². The van der Waals surface area contributed by atoms with Crippen LogP contribution in [-0.4, -0.2) is 35.1 Å². The fraction of sp³-hybridized carbons (Fsp3) is 0.333. The lowest BCUT2D eigenvalue weighted by molar-refractivity contribution is 0.310. The SMILES string of the molecule is CC(c1ccc(-c2ccccc2)c(F)c1)c1cc(CN=C(N)N2CCC(N)CC2)no1. The summed E-state index contributed by atoms with van der Waals surface area (Å²) in [7, 11) is 0. The number of benzene rings is 2. The molecule has 0 aliphatic carbocycles. The van der Waals surface area contributed by atoms with Crippen molar-refractivity contribution in [1.82, 2.24) is 10.1 Å². The van der Waals surface area contributed by atoms with E-state index in [-0.39, 0.29) is 17.8 Å². The van der Waals surface area contributed by atoms with E-state index in [4.69, 9.17) is 16.0 Å². The van der Waals surface area contributed by atoms with E-state index < -0.39 is 0 Å². The van der Waals surface area contributed by atoms with E-state index in [1.165, 1.54) is 0 Å². The first-order valence-electron chi connectivity index (χ1n) is 10.6. The van der Waals surface area contributed by atoms with E-state index in [9.17, 15) is 4.39 Å². The van der Waals surface area contributed by atoms with Crippen molar-refractivity contribution in [3.05, 3.63) is 77.4 Å². The van der Waals surface area contributed by atoms with Gasteiger partial charge in [0.05, 0.1) is 6.54 Å². The summed E-state index contributed by atoms with van der Waals surface area (Å²) in [5.74, 6) is 0.780. The molecule has 6 nitrogen and oxygen atoms in total. The Balaban J connectivity index is 1.43. The van der Waals surface area contributed by atoms with E-state index in [1.54, 1.807) is 6.07 Å². The number of nitrogens with zero attached hydrogens (tertiary/aromatic N) is 3. The van der Waals surface area contributed by atoms with Gasteiger partial charge in [0.15, 0.2) is 5.96 Å². The highest BCUT2D eigenvalue weighted by Gasteiger charge is 2.19. The number of halogens is 1. The zero-order chi connectivity index (χ0) is 21.8. The topological polar surface area (TPSA) is 93.7 Å². The van der Waals surface area contributed by atoms with Crippen LogP contribution < -0.4 is 11.5 Å². The van der Waals surface area contributed by atoms with Crippen LogP contribution in [0.15, 0.2) is 64.1 Å². The number of nitrogens with two attached hydrogens (primary N) is 2. The molecule has 1 unspecified atom stereocenters. The minimum absolute atomic E-state index is 0.134. The van der Waals surface area contributed by atoms with Crippen molar-refractivity contribution in [3.63, 3.8) is 0 Å². The lowest BCUT2D eigenvalue weighted by atomic mass is 9.95. The third-order valence-corrected chi connectivity index (χ3v) is 5.85. The summed E-state index contributed by atoms with van der Waals surface area (Å²) in [6.07, 6.45) is 1.84. The molecule has 1 aromatic heterocycles. The number of aliphatic imine (C=N–C) groups is 1. The van der Waals surface area contributed by atoms with Crippen LogP contribution in [0, 0.1) is 5.82 Å². The average Bonchev–Trinajstić information content (AvgIpc) is 3.27. The van der Waals surface area contributed by atoms with Gasteiger partial charge in [-0.15, -0.1) is 0 Å². The van der Waals surface area contributed by atoms with Gasteiger partial charge in [-0.2, -0.15) is 0 Å². The van der Waals surface area contributed by atoms with Crippen LogP contribution in [0.5, 0.6) is 0 Å². The fourth-order valence-corrected chi connectivity index (χ4v) is 3.81. The molecular formula is C24H28FN5O. The Bertz CT molecular complexity index is 1040. The zero-order valence-corrected chi connectivity index (χ0v) is 17.7. The van der Waals surface area contributed by atoms with Gasteiger partial charge in [-0.1, -0.05) is 54.5 Å². The molecule has 3 aromatic rings. The Morgan fingerprint density at radius 1 is 1.19 bits per heavy atom. The number of rotatable bonds is 5. The Kier molecular flexibility index (Phi) is 6.32. The first-order chi connectivity index (χ1) is 15.0. The monoisotopic (exact) mass is 421 g/mol. The molecule has 4 N–H and O–H groups in total. The van der Waals surface area contributed by atoms with E-state index in [2.05, 4.69) is 10.1 Å². The second kappa shape index (κ2) is 9.31. The summed E-state index contributed by atoms with van der Waals surface area (Å²) in [5.41, 5.74) is 15.0. The molecule has 1 aliphatic rings. The Morgan fingerprint density at radius 3 is 2.65 bits per heavy atom. The average molecular weight is 422 g/mol. The first-order valence-corrected chi connectivity index (χ1v) is 10.6. The lowest BCUT2D eigenvalue weighted by Crippen LogP contribution is -2.46. The molecule has 0 saturated carbocycles. The number of guanidine groups is 1. The highest BCUT2D eigenvalue weighted by atomic mass is 19.1. The Hall–Kier alpha value is -3.19. The molecule has 0 amide bonds. The Morgan fingerprint density at radius 2 is 1.94 bits per heavy atom. The number of hydrogen-bond acceptors (Lipinski definition) is 4. The molecule has 1 aliphatic heterocycles. The van der Waals surface area contributed by atoms with Crippen LogP contribution in [0.25, 0.3) is 11.1 Å². The fourth-order valence-electron chi connectivity index (χ4n) is 3.81. The number of aromatic nitrogens is 1. The second-order valence-corrected chi connectivity index (χ2v) is 8.05. The summed E-state index contributed by atoms with van der Waals surface area (Å²) < 4.78 is 20.3. The quantitative estimate of drug-likeness (QED) is 0.482. The predicted molar refractivity (Wildman–Crippen MR) is 120 cm³/mol. The standard InChI is InChI=1S/C24H28FN5O/c1-16(18-7-8-21(22(25)13-18)17-5-3-2-4-6-17)23-14-20(29-31-23)15-28-24(27)30-11-9-19(26)10-12-30/h2-8,13-14,16,19H,9-12,15,26H2,1H3,(H2,27,28). The maximum atomic E-state index is 14.7. The molecule has 2 heterocycles. The smallest absolute Gasteiger partial charge is 0.191 e. The molecular weight excluding hydrogens is 393 g/mol. The van der Waals surface area contributed by atoms with Gasteiger partial charge in [-0.25, -0.2) is 9.38 Å². The molecule has 1 saturated heterocycles. The number of hydrogen-bond donors (Lipinski definition) is 2. The van der Waals surface area contributed by atoms with Crippen LogP contribution >= 0.6 is 0 Å².